The molecule has 0 saturated heterocycles. The lowest BCUT2D eigenvalue weighted by atomic mass is 10.2. The molecule has 0 radical (unpaired) electrons. The van der Waals surface area contributed by atoms with E-state index in [9.17, 15) is 12.8 Å². The van der Waals surface area contributed by atoms with Gasteiger partial charge in [0.2, 0.25) is 0 Å². The van der Waals surface area contributed by atoms with E-state index in [-0.39, 0.29) is 22.6 Å². The molecule has 1 aromatic carbocycles. The second kappa shape index (κ2) is 5.80. The average molecular weight is 280 g/mol. The van der Waals surface area contributed by atoms with Crippen molar-refractivity contribution < 1.29 is 12.8 Å². The summed E-state index contributed by atoms with van der Waals surface area (Å²) in [5.74, 6) is -0.649. The molecule has 1 rings (SSSR count). The summed E-state index contributed by atoms with van der Waals surface area (Å²) in [4.78, 5) is 0. The van der Waals surface area contributed by atoms with Crippen LogP contribution in [0.5, 0.6) is 0 Å². The van der Waals surface area contributed by atoms with Gasteiger partial charge in [-0.05, 0) is 31.0 Å². The summed E-state index contributed by atoms with van der Waals surface area (Å²) in [5.41, 5.74) is 5.92. The van der Waals surface area contributed by atoms with Crippen molar-refractivity contribution in [3.8, 4) is 0 Å². The first-order valence-electron chi connectivity index (χ1n) is 5.20. The second-order valence-corrected chi connectivity index (χ2v) is 6.68. The minimum absolute atomic E-state index is 0.0123. The van der Waals surface area contributed by atoms with Crippen molar-refractivity contribution in [3.05, 3.63) is 34.6 Å². The SMILES string of the molecule is CC(N)CCS(=O)(=O)Cc1ccc(F)cc1Cl. The van der Waals surface area contributed by atoms with E-state index in [1.165, 1.54) is 12.1 Å². The molecule has 6 heteroatoms. The fourth-order valence-corrected chi connectivity index (χ4v) is 3.23. The molecule has 17 heavy (non-hydrogen) atoms. The van der Waals surface area contributed by atoms with Crippen molar-refractivity contribution in [1.29, 1.82) is 0 Å². The largest absolute Gasteiger partial charge is 0.328 e. The molecule has 0 amide bonds. The van der Waals surface area contributed by atoms with Crippen LogP contribution in [0.2, 0.25) is 5.02 Å². The van der Waals surface area contributed by atoms with Crippen LogP contribution in [-0.4, -0.2) is 20.2 Å². The Labute approximate surface area is 106 Å². The van der Waals surface area contributed by atoms with E-state index in [1.807, 2.05) is 0 Å². The summed E-state index contributed by atoms with van der Waals surface area (Å²) < 4.78 is 36.3. The molecule has 0 aliphatic rings. The van der Waals surface area contributed by atoms with Gasteiger partial charge in [-0.2, -0.15) is 0 Å². The van der Waals surface area contributed by atoms with E-state index < -0.39 is 15.7 Å². The third-order valence-corrected chi connectivity index (χ3v) is 4.24. The van der Waals surface area contributed by atoms with Gasteiger partial charge in [0.1, 0.15) is 5.82 Å². The fourth-order valence-electron chi connectivity index (χ4n) is 1.31. The maximum Gasteiger partial charge on any atom is 0.154 e. The van der Waals surface area contributed by atoms with E-state index in [4.69, 9.17) is 17.3 Å². The molecule has 0 aromatic heterocycles. The van der Waals surface area contributed by atoms with Gasteiger partial charge in [0.15, 0.2) is 9.84 Å². The van der Waals surface area contributed by atoms with Crippen LogP contribution in [0.1, 0.15) is 18.9 Å². The molecule has 0 fully saturated rings. The lowest BCUT2D eigenvalue weighted by Gasteiger charge is -2.08. The summed E-state index contributed by atoms with van der Waals surface area (Å²) in [7, 11) is -3.25. The number of nitrogens with two attached hydrogens (primary N) is 1. The standard InChI is InChI=1S/C11H15ClFNO2S/c1-8(14)4-5-17(15,16)7-9-2-3-10(13)6-11(9)12/h2-3,6,8H,4-5,7,14H2,1H3. The van der Waals surface area contributed by atoms with Crippen molar-refractivity contribution in [2.45, 2.75) is 25.1 Å². The number of hydrogen-bond acceptors (Lipinski definition) is 3. The molecule has 0 bridgehead atoms. The highest BCUT2D eigenvalue weighted by atomic mass is 35.5. The van der Waals surface area contributed by atoms with Gasteiger partial charge in [-0.25, -0.2) is 12.8 Å². The Balaban J connectivity index is 2.76. The molecule has 0 aliphatic carbocycles. The molecule has 3 nitrogen and oxygen atoms in total. The zero-order valence-electron chi connectivity index (χ0n) is 9.49. The molecule has 0 saturated carbocycles. The summed E-state index contributed by atoms with van der Waals surface area (Å²) in [6.45, 7) is 1.75. The minimum Gasteiger partial charge on any atom is -0.328 e. The first-order chi connectivity index (χ1) is 7.80. The van der Waals surface area contributed by atoms with Gasteiger partial charge in [-0.3, -0.25) is 0 Å². The van der Waals surface area contributed by atoms with Crippen molar-refractivity contribution in [2.24, 2.45) is 5.73 Å². The van der Waals surface area contributed by atoms with Gasteiger partial charge in [0, 0.05) is 11.1 Å². The summed E-state index contributed by atoms with van der Waals surface area (Å²) in [5, 5.41) is 0.134. The minimum atomic E-state index is -3.25. The summed E-state index contributed by atoms with van der Waals surface area (Å²) in [6.07, 6.45) is 0.404. The van der Waals surface area contributed by atoms with Crippen LogP contribution in [0.15, 0.2) is 18.2 Å². The topological polar surface area (TPSA) is 60.2 Å². The first kappa shape index (κ1) is 14.4. The Bertz CT molecular complexity index is 488. The van der Waals surface area contributed by atoms with Gasteiger partial charge in [0.05, 0.1) is 11.5 Å². The molecule has 0 aliphatic heterocycles. The third-order valence-electron chi connectivity index (χ3n) is 2.27. The molecule has 0 heterocycles. The maximum absolute atomic E-state index is 12.8. The van der Waals surface area contributed by atoms with E-state index in [2.05, 4.69) is 0 Å². The molecule has 0 spiro atoms. The Morgan fingerprint density at radius 1 is 1.47 bits per heavy atom. The van der Waals surface area contributed by atoms with Crippen molar-refractivity contribution in [2.75, 3.05) is 5.75 Å². The predicted molar refractivity (Wildman–Crippen MR) is 67.2 cm³/mol. The van der Waals surface area contributed by atoms with Crippen molar-refractivity contribution >= 4 is 21.4 Å². The van der Waals surface area contributed by atoms with E-state index >= 15 is 0 Å². The van der Waals surface area contributed by atoms with Crippen LogP contribution in [0.4, 0.5) is 4.39 Å². The van der Waals surface area contributed by atoms with Crippen LogP contribution < -0.4 is 5.73 Å². The van der Waals surface area contributed by atoms with Gasteiger partial charge in [-0.15, -0.1) is 0 Å². The van der Waals surface area contributed by atoms with Gasteiger partial charge in [0.25, 0.3) is 0 Å². The van der Waals surface area contributed by atoms with E-state index in [0.29, 0.717) is 12.0 Å². The maximum atomic E-state index is 12.8. The van der Waals surface area contributed by atoms with E-state index in [0.717, 1.165) is 6.07 Å². The fraction of sp³-hybridized carbons (Fsp3) is 0.455. The lowest BCUT2D eigenvalue weighted by Crippen LogP contribution is -2.20. The zero-order chi connectivity index (χ0) is 13.1. The lowest BCUT2D eigenvalue weighted by molar-refractivity contribution is 0.586. The average Bonchev–Trinajstić information content (AvgIpc) is 2.20. The highest BCUT2D eigenvalue weighted by Gasteiger charge is 2.15. The predicted octanol–water partition coefficient (Wildman–Crippen LogP) is 2.13. The van der Waals surface area contributed by atoms with Crippen LogP contribution in [0.3, 0.4) is 0 Å². The van der Waals surface area contributed by atoms with Crippen LogP contribution in [0.25, 0.3) is 0 Å². The normalized spacial score (nSPS) is 13.6. The third kappa shape index (κ3) is 5.02. The second-order valence-electron chi connectivity index (χ2n) is 4.09. The molecule has 2 N–H and O–H groups in total. The van der Waals surface area contributed by atoms with Crippen molar-refractivity contribution in [1.82, 2.24) is 0 Å². The Morgan fingerprint density at radius 3 is 2.65 bits per heavy atom. The number of benzene rings is 1. The first-order valence-corrected chi connectivity index (χ1v) is 7.40. The summed E-state index contributed by atoms with van der Waals surface area (Å²) >= 11 is 5.77. The summed E-state index contributed by atoms with van der Waals surface area (Å²) in [6, 6.07) is 3.54. The van der Waals surface area contributed by atoms with Gasteiger partial charge >= 0.3 is 0 Å². The number of halogens is 2. The zero-order valence-corrected chi connectivity index (χ0v) is 11.1. The molecular weight excluding hydrogens is 265 g/mol. The molecule has 1 unspecified atom stereocenters. The molecular formula is C11H15ClFNO2S. The molecule has 96 valence electrons. The Morgan fingerprint density at radius 2 is 2.12 bits per heavy atom. The Kier molecular flexibility index (Phi) is 4.91. The van der Waals surface area contributed by atoms with Crippen LogP contribution in [0, 0.1) is 5.82 Å². The molecule has 1 atom stereocenters. The highest BCUT2D eigenvalue weighted by molar-refractivity contribution is 7.90. The van der Waals surface area contributed by atoms with Gasteiger partial charge in [-0.1, -0.05) is 17.7 Å². The van der Waals surface area contributed by atoms with Crippen LogP contribution >= 0.6 is 11.6 Å². The molecule has 1 aromatic rings. The van der Waals surface area contributed by atoms with E-state index in [1.54, 1.807) is 6.92 Å². The quantitative estimate of drug-likeness (QED) is 0.898. The number of rotatable bonds is 5. The van der Waals surface area contributed by atoms with Crippen molar-refractivity contribution in [3.63, 3.8) is 0 Å². The number of hydrogen-bond donors (Lipinski definition) is 1. The monoisotopic (exact) mass is 279 g/mol. The highest BCUT2D eigenvalue weighted by Crippen LogP contribution is 2.20. The smallest absolute Gasteiger partial charge is 0.154 e. The number of sulfone groups is 1. The van der Waals surface area contributed by atoms with Gasteiger partial charge < -0.3 is 5.73 Å². The Hall–Kier alpha value is -0.650. The van der Waals surface area contributed by atoms with Crippen LogP contribution in [-0.2, 0) is 15.6 Å².